The fourth-order valence-corrected chi connectivity index (χ4v) is 1.14. The molecule has 0 aliphatic carbocycles. The molecule has 0 radical (unpaired) electrons. The van der Waals surface area contributed by atoms with Gasteiger partial charge in [0.1, 0.15) is 0 Å². The van der Waals surface area contributed by atoms with Crippen LogP contribution >= 0.6 is 0 Å². The molecule has 1 fully saturated rings. The van der Waals surface area contributed by atoms with Gasteiger partial charge in [-0.15, -0.1) is 5.06 Å². The number of nitrogens with zero attached hydrogens (tertiary/aromatic N) is 1. The summed E-state index contributed by atoms with van der Waals surface area (Å²) in [5.74, 6) is -1.06. The van der Waals surface area contributed by atoms with Crippen LogP contribution in [-0.4, -0.2) is 49.4 Å². The van der Waals surface area contributed by atoms with Gasteiger partial charge in [0.2, 0.25) is 0 Å². The number of hydrogen-bond acceptors (Lipinski definition) is 6. The topological polar surface area (TPSA) is 65.1 Å². The maximum absolute atomic E-state index is 11.4. The van der Waals surface area contributed by atoms with Crippen LogP contribution in [0, 0.1) is 0 Å². The van der Waals surface area contributed by atoms with Gasteiger partial charge in [-0.1, -0.05) is 0 Å². The highest BCUT2D eigenvalue weighted by molar-refractivity contribution is 5.77. The Balaban J connectivity index is 2.30. The molecule has 1 aliphatic rings. The van der Waals surface area contributed by atoms with Crippen LogP contribution in [0.2, 0.25) is 0 Å². The van der Waals surface area contributed by atoms with Crippen molar-refractivity contribution in [2.45, 2.75) is 20.0 Å². The molecule has 6 nitrogen and oxygen atoms in total. The van der Waals surface area contributed by atoms with E-state index in [1.807, 2.05) is 0 Å². The van der Waals surface area contributed by atoms with Crippen LogP contribution in [0.5, 0.6) is 0 Å². The monoisotopic (exact) mass is 217 g/mol. The molecular weight excluding hydrogens is 202 g/mol. The lowest BCUT2D eigenvalue weighted by Crippen LogP contribution is -2.40. The fraction of sp³-hybridized carbons (Fsp3) is 0.778. The zero-order valence-corrected chi connectivity index (χ0v) is 8.89. The average Bonchev–Trinajstić information content (AvgIpc) is 2.18. The zero-order valence-electron chi connectivity index (χ0n) is 8.89. The number of morpholine rings is 1. The minimum Gasteiger partial charge on any atom is -0.451 e. The van der Waals surface area contributed by atoms with Crippen LogP contribution in [-0.2, 0) is 23.9 Å². The number of esters is 1. The summed E-state index contributed by atoms with van der Waals surface area (Å²) >= 11 is 0. The Labute approximate surface area is 88.0 Å². The molecule has 0 aromatic carbocycles. The van der Waals surface area contributed by atoms with Gasteiger partial charge in [-0.05, 0) is 6.92 Å². The van der Waals surface area contributed by atoms with Crippen LogP contribution in [0.4, 0.5) is 0 Å². The molecule has 15 heavy (non-hydrogen) atoms. The Kier molecular flexibility index (Phi) is 4.51. The van der Waals surface area contributed by atoms with E-state index < -0.39 is 18.0 Å². The first kappa shape index (κ1) is 11.9. The van der Waals surface area contributed by atoms with Crippen LogP contribution in [0.25, 0.3) is 0 Å². The molecule has 0 saturated carbocycles. The molecule has 6 heteroatoms. The average molecular weight is 217 g/mol. The molecule has 0 aromatic rings. The number of ether oxygens (including phenoxy) is 2. The second-order valence-electron chi connectivity index (χ2n) is 3.20. The molecule has 1 unspecified atom stereocenters. The molecule has 1 atom stereocenters. The standard InChI is InChI=1S/C9H15NO5/c1-7(14-8(2)11)9(12)15-10-3-5-13-6-4-10/h7H,3-6H2,1-2H3. The minimum absolute atomic E-state index is 0.499. The summed E-state index contributed by atoms with van der Waals surface area (Å²) in [6, 6.07) is 0. The van der Waals surface area contributed by atoms with Crippen molar-refractivity contribution in [2.24, 2.45) is 0 Å². The van der Waals surface area contributed by atoms with Gasteiger partial charge in [0, 0.05) is 6.92 Å². The Morgan fingerprint density at radius 1 is 1.33 bits per heavy atom. The van der Waals surface area contributed by atoms with E-state index in [4.69, 9.17) is 9.57 Å². The first-order chi connectivity index (χ1) is 7.09. The SMILES string of the molecule is CC(=O)OC(C)C(=O)ON1CCOCC1. The highest BCUT2D eigenvalue weighted by Crippen LogP contribution is 2.02. The maximum Gasteiger partial charge on any atom is 0.365 e. The first-order valence-corrected chi connectivity index (χ1v) is 4.81. The maximum atomic E-state index is 11.4. The van der Waals surface area contributed by atoms with Crippen LogP contribution in [0.1, 0.15) is 13.8 Å². The third-order valence-electron chi connectivity index (χ3n) is 1.86. The summed E-state index contributed by atoms with van der Waals surface area (Å²) in [7, 11) is 0. The van der Waals surface area contributed by atoms with E-state index in [1.54, 1.807) is 0 Å². The second kappa shape index (κ2) is 5.67. The third-order valence-corrected chi connectivity index (χ3v) is 1.86. The van der Waals surface area contributed by atoms with Gasteiger partial charge in [0.25, 0.3) is 0 Å². The summed E-state index contributed by atoms with van der Waals surface area (Å²) in [5, 5.41) is 1.51. The van der Waals surface area contributed by atoms with Crippen LogP contribution < -0.4 is 0 Å². The van der Waals surface area contributed by atoms with Gasteiger partial charge >= 0.3 is 11.9 Å². The first-order valence-electron chi connectivity index (χ1n) is 4.81. The van der Waals surface area contributed by atoms with E-state index in [9.17, 15) is 9.59 Å². The van der Waals surface area contributed by atoms with Gasteiger partial charge < -0.3 is 14.3 Å². The van der Waals surface area contributed by atoms with Crippen molar-refractivity contribution in [3.05, 3.63) is 0 Å². The summed E-state index contributed by atoms with van der Waals surface area (Å²) < 4.78 is 9.77. The number of carbonyl (C=O) groups excluding carboxylic acids is 2. The van der Waals surface area contributed by atoms with Gasteiger partial charge in [-0.3, -0.25) is 4.79 Å². The van der Waals surface area contributed by atoms with E-state index in [-0.39, 0.29) is 0 Å². The lowest BCUT2D eigenvalue weighted by atomic mass is 10.4. The number of carbonyl (C=O) groups is 2. The normalized spacial score (nSPS) is 19.3. The number of rotatable bonds is 3. The van der Waals surface area contributed by atoms with E-state index in [0.717, 1.165) is 0 Å². The molecule has 1 aliphatic heterocycles. The quantitative estimate of drug-likeness (QED) is 0.606. The zero-order chi connectivity index (χ0) is 11.3. The van der Waals surface area contributed by atoms with E-state index >= 15 is 0 Å². The Morgan fingerprint density at radius 2 is 1.93 bits per heavy atom. The third kappa shape index (κ3) is 4.26. The molecule has 0 amide bonds. The van der Waals surface area contributed by atoms with Gasteiger partial charge in [-0.25, -0.2) is 4.79 Å². The molecule has 0 aromatic heterocycles. The minimum atomic E-state index is -0.870. The number of hydrogen-bond donors (Lipinski definition) is 0. The van der Waals surface area contributed by atoms with E-state index in [2.05, 4.69) is 4.74 Å². The Bertz CT molecular complexity index is 237. The molecular formula is C9H15NO5. The Hall–Kier alpha value is -1.14. The van der Waals surface area contributed by atoms with E-state index in [1.165, 1.54) is 18.9 Å². The van der Waals surface area contributed by atoms with Crippen molar-refractivity contribution < 1.29 is 23.9 Å². The summed E-state index contributed by atoms with van der Waals surface area (Å²) in [6.45, 7) is 4.88. The highest BCUT2D eigenvalue weighted by atomic mass is 16.7. The van der Waals surface area contributed by atoms with Crippen molar-refractivity contribution in [2.75, 3.05) is 26.3 Å². The van der Waals surface area contributed by atoms with E-state index in [0.29, 0.717) is 26.3 Å². The van der Waals surface area contributed by atoms with Crippen molar-refractivity contribution in [3.8, 4) is 0 Å². The van der Waals surface area contributed by atoms with Crippen LogP contribution in [0.15, 0.2) is 0 Å². The summed E-state index contributed by atoms with van der Waals surface area (Å²) in [5.41, 5.74) is 0. The second-order valence-corrected chi connectivity index (χ2v) is 3.20. The largest absolute Gasteiger partial charge is 0.451 e. The molecule has 86 valence electrons. The van der Waals surface area contributed by atoms with Gasteiger partial charge in [0.05, 0.1) is 26.3 Å². The summed E-state index contributed by atoms with van der Waals surface area (Å²) in [4.78, 5) is 26.9. The van der Waals surface area contributed by atoms with Crippen molar-refractivity contribution in [3.63, 3.8) is 0 Å². The lowest BCUT2D eigenvalue weighted by molar-refractivity contribution is -0.215. The fourth-order valence-electron chi connectivity index (χ4n) is 1.14. The van der Waals surface area contributed by atoms with Gasteiger partial charge in [-0.2, -0.15) is 0 Å². The predicted octanol–water partition coefficient (Wildman–Crippen LogP) is -0.272. The van der Waals surface area contributed by atoms with Crippen LogP contribution in [0.3, 0.4) is 0 Å². The summed E-state index contributed by atoms with van der Waals surface area (Å²) in [6.07, 6.45) is -0.870. The van der Waals surface area contributed by atoms with Crippen molar-refractivity contribution in [1.29, 1.82) is 0 Å². The molecule has 0 bridgehead atoms. The predicted molar refractivity (Wildman–Crippen MR) is 49.7 cm³/mol. The lowest BCUT2D eigenvalue weighted by Gasteiger charge is -2.25. The van der Waals surface area contributed by atoms with Crippen molar-refractivity contribution >= 4 is 11.9 Å². The molecule has 1 saturated heterocycles. The number of hydroxylamine groups is 2. The highest BCUT2D eigenvalue weighted by Gasteiger charge is 2.22. The smallest absolute Gasteiger partial charge is 0.365 e. The van der Waals surface area contributed by atoms with Crippen molar-refractivity contribution in [1.82, 2.24) is 5.06 Å². The molecule has 0 spiro atoms. The molecule has 1 heterocycles. The Morgan fingerprint density at radius 3 is 2.47 bits per heavy atom. The molecule has 0 N–H and O–H groups in total. The van der Waals surface area contributed by atoms with Gasteiger partial charge in [0.15, 0.2) is 6.10 Å². The molecule has 1 rings (SSSR count).